The van der Waals surface area contributed by atoms with Gasteiger partial charge in [0.1, 0.15) is 5.78 Å². The molecule has 3 aliphatic rings. The fraction of sp³-hybridized carbons (Fsp3) is 0.900. The molecule has 0 N–H and O–H groups in total. The van der Waals surface area contributed by atoms with Gasteiger partial charge in [0, 0.05) is 11.8 Å². The number of Topliss-reactive ketones (excluding diaryl/α,β-unsaturated/α-hetero) is 1. The SMILES string of the molecule is O=C(C1CC1)C1C2CCCC21. The Balaban J connectivity index is 1.69. The van der Waals surface area contributed by atoms with Crippen LogP contribution in [0.25, 0.3) is 0 Å². The Morgan fingerprint density at radius 3 is 2.18 bits per heavy atom. The molecule has 60 valence electrons. The molecule has 0 aromatic heterocycles. The van der Waals surface area contributed by atoms with Crippen LogP contribution in [0.3, 0.4) is 0 Å². The molecule has 0 heterocycles. The minimum absolute atomic E-state index is 0.519. The van der Waals surface area contributed by atoms with Crippen molar-refractivity contribution in [2.24, 2.45) is 23.7 Å². The Morgan fingerprint density at radius 2 is 1.64 bits per heavy atom. The summed E-state index contributed by atoms with van der Waals surface area (Å²) in [5.41, 5.74) is 0. The molecule has 0 amide bonds. The second-order valence-corrected chi connectivity index (χ2v) is 4.46. The van der Waals surface area contributed by atoms with E-state index in [-0.39, 0.29) is 0 Å². The lowest BCUT2D eigenvalue weighted by Crippen LogP contribution is -2.07. The highest BCUT2D eigenvalue weighted by molar-refractivity contribution is 5.88. The van der Waals surface area contributed by atoms with E-state index in [4.69, 9.17) is 0 Å². The largest absolute Gasteiger partial charge is 0.299 e. The summed E-state index contributed by atoms with van der Waals surface area (Å²) in [5, 5.41) is 0. The molecule has 11 heavy (non-hydrogen) atoms. The lowest BCUT2D eigenvalue weighted by molar-refractivity contribution is -0.122. The zero-order valence-corrected chi connectivity index (χ0v) is 6.75. The van der Waals surface area contributed by atoms with Gasteiger partial charge in [0.2, 0.25) is 0 Å². The lowest BCUT2D eigenvalue weighted by Gasteiger charge is -1.99. The zero-order valence-electron chi connectivity index (χ0n) is 6.75. The Morgan fingerprint density at radius 1 is 1.00 bits per heavy atom. The van der Waals surface area contributed by atoms with E-state index in [1.165, 1.54) is 32.1 Å². The van der Waals surface area contributed by atoms with Crippen molar-refractivity contribution < 1.29 is 4.79 Å². The van der Waals surface area contributed by atoms with Crippen LogP contribution in [-0.2, 0) is 4.79 Å². The monoisotopic (exact) mass is 150 g/mol. The number of hydrogen-bond acceptors (Lipinski definition) is 1. The molecule has 0 radical (unpaired) electrons. The van der Waals surface area contributed by atoms with Crippen LogP contribution in [0.1, 0.15) is 32.1 Å². The molecule has 2 atom stereocenters. The Kier molecular flexibility index (Phi) is 1.06. The van der Waals surface area contributed by atoms with Crippen molar-refractivity contribution in [2.45, 2.75) is 32.1 Å². The third-order valence-electron chi connectivity index (χ3n) is 3.71. The smallest absolute Gasteiger partial charge is 0.139 e. The van der Waals surface area contributed by atoms with Gasteiger partial charge in [0.15, 0.2) is 0 Å². The summed E-state index contributed by atoms with van der Waals surface area (Å²) in [4.78, 5) is 11.6. The number of rotatable bonds is 2. The first-order chi connectivity index (χ1) is 5.38. The van der Waals surface area contributed by atoms with Crippen LogP contribution in [0.15, 0.2) is 0 Å². The topological polar surface area (TPSA) is 17.1 Å². The van der Waals surface area contributed by atoms with Crippen LogP contribution in [0.4, 0.5) is 0 Å². The van der Waals surface area contributed by atoms with E-state index in [0.29, 0.717) is 17.6 Å². The number of fused-ring (bicyclic) bond motifs is 1. The maximum absolute atomic E-state index is 11.6. The summed E-state index contributed by atoms with van der Waals surface area (Å²) in [6, 6.07) is 0. The lowest BCUT2D eigenvalue weighted by atomic mass is 10.1. The standard InChI is InChI=1S/C10H14O/c11-10(6-4-5-6)9-7-2-1-3-8(7)9/h6-9H,1-5H2. The van der Waals surface area contributed by atoms with E-state index < -0.39 is 0 Å². The van der Waals surface area contributed by atoms with E-state index in [1.807, 2.05) is 0 Å². The third-order valence-corrected chi connectivity index (χ3v) is 3.71. The van der Waals surface area contributed by atoms with Gasteiger partial charge < -0.3 is 0 Å². The molecule has 1 heteroatoms. The van der Waals surface area contributed by atoms with Gasteiger partial charge in [-0.3, -0.25) is 4.79 Å². The van der Waals surface area contributed by atoms with E-state index in [1.54, 1.807) is 0 Å². The fourth-order valence-corrected chi connectivity index (χ4v) is 2.88. The summed E-state index contributed by atoms with van der Waals surface area (Å²) in [6.45, 7) is 0. The van der Waals surface area contributed by atoms with Crippen LogP contribution < -0.4 is 0 Å². The first-order valence-electron chi connectivity index (χ1n) is 4.91. The number of carbonyl (C=O) groups excluding carboxylic acids is 1. The predicted molar refractivity (Wildman–Crippen MR) is 42.1 cm³/mol. The van der Waals surface area contributed by atoms with Gasteiger partial charge in [-0.15, -0.1) is 0 Å². The third kappa shape index (κ3) is 0.800. The highest BCUT2D eigenvalue weighted by Gasteiger charge is 2.58. The van der Waals surface area contributed by atoms with Crippen LogP contribution >= 0.6 is 0 Å². The first kappa shape index (κ1) is 6.22. The van der Waals surface area contributed by atoms with Crippen LogP contribution in [0.5, 0.6) is 0 Å². The normalized spacial score (nSPS) is 47.1. The molecule has 0 aromatic carbocycles. The molecule has 2 unspecified atom stereocenters. The molecule has 0 spiro atoms. The van der Waals surface area contributed by atoms with Gasteiger partial charge in [-0.25, -0.2) is 0 Å². The van der Waals surface area contributed by atoms with Gasteiger partial charge in [-0.1, -0.05) is 6.42 Å². The highest BCUT2D eigenvalue weighted by Crippen LogP contribution is 2.59. The molecule has 3 saturated carbocycles. The average Bonchev–Trinajstić information content (AvgIpc) is 2.91. The number of carbonyl (C=O) groups is 1. The molecule has 3 aliphatic carbocycles. The molecule has 1 nitrogen and oxygen atoms in total. The van der Waals surface area contributed by atoms with Gasteiger partial charge in [-0.05, 0) is 37.5 Å². The predicted octanol–water partition coefficient (Wildman–Crippen LogP) is 2.01. The fourth-order valence-electron chi connectivity index (χ4n) is 2.88. The highest BCUT2D eigenvalue weighted by atomic mass is 16.1. The van der Waals surface area contributed by atoms with Gasteiger partial charge in [0.25, 0.3) is 0 Å². The van der Waals surface area contributed by atoms with Crippen molar-refractivity contribution in [3.05, 3.63) is 0 Å². The van der Waals surface area contributed by atoms with Crippen molar-refractivity contribution in [3.8, 4) is 0 Å². The summed E-state index contributed by atoms with van der Waals surface area (Å²) < 4.78 is 0. The minimum Gasteiger partial charge on any atom is -0.299 e. The summed E-state index contributed by atoms with van der Waals surface area (Å²) in [7, 11) is 0. The van der Waals surface area contributed by atoms with Crippen molar-refractivity contribution >= 4 is 5.78 Å². The molecule has 0 aromatic rings. The maximum atomic E-state index is 11.6. The van der Waals surface area contributed by atoms with E-state index in [2.05, 4.69) is 0 Å². The first-order valence-corrected chi connectivity index (χ1v) is 4.91. The minimum atomic E-state index is 0.519. The second kappa shape index (κ2) is 1.88. The van der Waals surface area contributed by atoms with E-state index in [9.17, 15) is 4.79 Å². The molecule has 0 aliphatic heterocycles. The van der Waals surface area contributed by atoms with Crippen LogP contribution in [-0.4, -0.2) is 5.78 Å². The van der Waals surface area contributed by atoms with Crippen LogP contribution in [0, 0.1) is 23.7 Å². The zero-order chi connectivity index (χ0) is 7.42. The molecule has 0 bridgehead atoms. The molecular weight excluding hydrogens is 136 g/mol. The second-order valence-electron chi connectivity index (χ2n) is 4.46. The molecule has 0 saturated heterocycles. The summed E-state index contributed by atoms with van der Waals surface area (Å²) in [6.07, 6.45) is 6.51. The Labute approximate surface area is 67.2 Å². The number of ketones is 1. The van der Waals surface area contributed by atoms with E-state index >= 15 is 0 Å². The molecular formula is C10H14O. The van der Waals surface area contributed by atoms with E-state index in [0.717, 1.165) is 11.8 Å². The van der Waals surface area contributed by atoms with Crippen molar-refractivity contribution in [2.75, 3.05) is 0 Å². The average molecular weight is 150 g/mol. The van der Waals surface area contributed by atoms with Gasteiger partial charge >= 0.3 is 0 Å². The van der Waals surface area contributed by atoms with Gasteiger partial charge in [0.05, 0.1) is 0 Å². The molecule has 3 rings (SSSR count). The maximum Gasteiger partial charge on any atom is 0.139 e. The Bertz CT molecular complexity index is 195. The quantitative estimate of drug-likeness (QED) is 0.588. The van der Waals surface area contributed by atoms with Crippen molar-refractivity contribution in [1.82, 2.24) is 0 Å². The van der Waals surface area contributed by atoms with Gasteiger partial charge in [-0.2, -0.15) is 0 Å². The summed E-state index contributed by atoms with van der Waals surface area (Å²) in [5.74, 6) is 3.41. The van der Waals surface area contributed by atoms with Crippen molar-refractivity contribution in [1.29, 1.82) is 0 Å². The Hall–Kier alpha value is -0.330. The van der Waals surface area contributed by atoms with Crippen LogP contribution in [0.2, 0.25) is 0 Å². The summed E-state index contributed by atoms with van der Waals surface area (Å²) >= 11 is 0. The molecule has 3 fully saturated rings. The van der Waals surface area contributed by atoms with Crippen molar-refractivity contribution in [3.63, 3.8) is 0 Å². The number of hydrogen-bond donors (Lipinski definition) is 0.